The number of anilines is 1. The highest BCUT2D eigenvalue weighted by Crippen LogP contribution is 2.27. The van der Waals surface area contributed by atoms with Gasteiger partial charge in [-0.25, -0.2) is 0 Å². The van der Waals surface area contributed by atoms with Crippen molar-refractivity contribution in [3.8, 4) is 0 Å². The molecular formula is C11H12F3N5O. The van der Waals surface area contributed by atoms with Crippen LogP contribution in [0.2, 0.25) is 0 Å². The van der Waals surface area contributed by atoms with Gasteiger partial charge in [0.1, 0.15) is 6.54 Å². The second kappa shape index (κ2) is 4.99. The highest BCUT2D eigenvalue weighted by molar-refractivity contribution is 5.90. The molecule has 0 saturated carbocycles. The molecule has 0 aliphatic rings. The summed E-state index contributed by atoms with van der Waals surface area (Å²) in [7, 11) is 0. The van der Waals surface area contributed by atoms with Crippen molar-refractivity contribution >= 4 is 11.7 Å². The number of nitrogens with zero attached hydrogens (tertiary/aromatic N) is 3. The van der Waals surface area contributed by atoms with Gasteiger partial charge in [0, 0.05) is 17.5 Å². The van der Waals surface area contributed by atoms with Crippen molar-refractivity contribution in [1.82, 2.24) is 20.0 Å². The number of carbonyl (C=O) groups excluding carboxylic acids is 1. The van der Waals surface area contributed by atoms with Crippen LogP contribution in [0.25, 0.3) is 0 Å². The summed E-state index contributed by atoms with van der Waals surface area (Å²) in [6, 6.07) is 0.817. The van der Waals surface area contributed by atoms with Crippen molar-refractivity contribution < 1.29 is 18.0 Å². The maximum Gasteiger partial charge on any atom is 0.435 e. The first-order chi connectivity index (χ1) is 9.27. The predicted molar refractivity (Wildman–Crippen MR) is 63.9 cm³/mol. The van der Waals surface area contributed by atoms with E-state index in [1.807, 2.05) is 0 Å². The average Bonchev–Trinajstić information content (AvgIpc) is 2.91. The van der Waals surface area contributed by atoms with Crippen LogP contribution in [0, 0.1) is 13.8 Å². The van der Waals surface area contributed by atoms with Crippen LogP contribution in [0.15, 0.2) is 12.3 Å². The lowest BCUT2D eigenvalue weighted by Crippen LogP contribution is -2.20. The van der Waals surface area contributed by atoms with Crippen LogP contribution in [0.3, 0.4) is 0 Å². The van der Waals surface area contributed by atoms with Crippen molar-refractivity contribution in [3.05, 3.63) is 29.2 Å². The molecule has 0 aromatic carbocycles. The molecule has 2 rings (SSSR count). The Morgan fingerprint density at radius 2 is 2.15 bits per heavy atom. The smallest absolute Gasteiger partial charge is 0.307 e. The summed E-state index contributed by atoms with van der Waals surface area (Å²) < 4.78 is 38.0. The fourth-order valence-electron chi connectivity index (χ4n) is 1.53. The monoisotopic (exact) mass is 287 g/mol. The zero-order valence-corrected chi connectivity index (χ0v) is 10.7. The van der Waals surface area contributed by atoms with Crippen molar-refractivity contribution in [2.75, 3.05) is 5.32 Å². The topological polar surface area (TPSA) is 75.6 Å². The lowest BCUT2D eigenvalue weighted by Gasteiger charge is -2.04. The molecule has 0 saturated heterocycles. The first kappa shape index (κ1) is 14.1. The summed E-state index contributed by atoms with van der Waals surface area (Å²) in [6.07, 6.45) is -3.41. The van der Waals surface area contributed by atoms with Gasteiger partial charge in [-0.05, 0) is 19.9 Å². The largest absolute Gasteiger partial charge is 0.435 e. The van der Waals surface area contributed by atoms with Gasteiger partial charge < -0.3 is 5.32 Å². The van der Waals surface area contributed by atoms with Crippen LogP contribution >= 0.6 is 0 Å². The number of aryl methyl sites for hydroxylation is 1. The third-order valence-corrected chi connectivity index (χ3v) is 2.75. The summed E-state index contributed by atoms with van der Waals surface area (Å²) in [4.78, 5) is 11.7. The molecule has 2 N–H and O–H groups in total. The van der Waals surface area contributed by atoms with Crippen LogP contribution in [0.5, 0.6) is 0 Å². The third-order valence-electron chi connectivity index (χ3n) is 2.75. The number of aromatic amines is 1. The Kier molecular flexibility index (Phi) is 3.51. The zero-order chi connectivity index (χ0) is 14.9. The second-order valence-electron chi connectivity index (χ2n) is 4.27. The van der Waals surface area contributed by atoms with Crippen LogP contribution in [-0.2, 0) is 17.5 Å². The lowest BCUT2D eigenvalue weighted by atomic mass is 10.3. The molecule has 2 aromatic heterocycles. The van der Waals surface area contributed by atoms with Crippen LogP contribution in [-0.4, -0.2) is 25.9 Å². The molecule has 0 atom stereocenters. The Labute approximate surface area is 112 Å². The van der Waals surface area contributed by atoms with E-state index in [1.165, 1.54) is 0 Å². The Balaban J connectivity index is 2.02. The van der Waals surface area contributed by atoms with E-state index in [0.717, 1.165) is 28.2 Å². The molecule has 0 aliphatic heterocycles. The van der Waals surface area contributed by atoms with Gasteiger partial charge in [-0.3, -0.25) is 14.6 Å². The van der Waals surface area contributed by atoms with E-state index in [1.54, 1.807) is 13.8 Å². The van der Waals surface area contributed by atoms with Gasteiger partial charge in [-0.15, -0.1) is 0 Å². The van der Waals surface area contributed by atoms with Gasteiger partial charge in [0.15, 0.2) is 11.5 Å². The maximum atomic E-state index is 12.4. The molecule has 9 heteroatoms. The quantitative estimate of drug-likeness (QED) is 0.905. The minimum absolute atomic E-state index is 0.318. The molecule has 2 heterocycles. The zero-order valence-electron chi connectivity index (χ0n) is 10.7. The normalized spacial score (nSPS) is 11.7. The average molecular weight is 287 g/mol. The number of alkyl halides is 3. The van der Waals surface area contributed by atoms with Gasteiger partial charge in [0.2, 0.25) is 5.91 Å². The highest BCUT2D eigenvalue weighted by Gasteiger charge is 2.33. The minimum Gasteiger partial charge on any atom is -0.307 e. The van der Waals surface area contributed by atoms with Crippen LogP contribution in [0.4, 0.5) is 19.0 Å². The molecule has 0 radical (unpaired) electrons. The number of rotatable bonds is 3. The van der Waals surface area contributed by atoms with Crippen molar-refractivity contribution in [2.24, 2.45) is 0 Å². The predicted octanol–water partition coefficient (Wildman–Crippen LogP) is 1.88. The Bertz CT molecular complexity index is 628. The standard InChI is InChI=1S/C11H12F3N5O/c1-6-7(2)16-17-10(6)15-9(20)5-19-4-3-8(18-19)11(12,13)14/h3-4H,5H2,1-2H3,(H2,15,16,17,20). The molecule has 0 spiro atoms. The van der Waals surface area contributed by atoms with E-state index in [-0.39, 0.29) is 6.54 Å². The summed E-state index contributed by atoms with van der Waals surface area (Å²) in [5, 5.41) is 12.4. The molecule has 0 bridgehead atoms. The van der Waals surface area contributed by atoms with E-state index in [4.69, 9.17) is 0 Å². The fourth-order valence-corrected chi connectivity index (χ4v) is 1.53. The van der Waals surface area contributed by atoms with Crippen molar-refractivity contribution in [1.29, 1.82) is 0 Å². The number of hydrogen-bond donors (Lipinski definition) is 2. The van der Waals surface area contributed by atoms with Crippen LogP contribution in [0.1, 0.15) is 17.0 Å². The summed E-state index contributed by atoms with van der Waals surface area (Å²) in [5.41, 5.74) is 0.547. The molecular weight excluding hydrogens is 275 g/mol. The van der Waals surface area contributed by atoms with Gasteiger partial charge in [-0.2, -0.15) is 23.4 Å². The number of nitrogens with one attached hydrogen (secondary N) is 2. The van der Waals surface area contributed by atoms with E-state index in [2.05, 4.69) is 20.6 Å². The molecule has 108 valence electrons. The van der Waals surface area contributed by atoms with E-state index < -0.39 is 17.8 Å². The first-order valence-electron chi connectivity index (χ1n) is 5.69. The number of halogens is 3. The molecule has 1 amide bonds. The van der Waals surface area contributed by atoms with Crippen LogP contribution < -0.4 is 5.32 Å². The molecule has 20 heavy (non-hydrogen) atoms. The number of amides is 1. The first-order valence-corrected chi connectivity index (χ1v) is 5.69. The number of hydrogen-bond acceptors (Lipinski definition) is 3. The van der Waals surface area contributed by atoms with E-state index >= 15 is 0 Å². The minimum atomic E-state index is -4.52. The summed E-state index contributed by atoms with van der Waals surface area (Å²) in [6.45, 7) is 3.24. The lowest BCUT2D eigenvalue weighted by molar-refractivity contribution is -0.141. The van der Waals surface area contributed by atoms with Gasteiger partial charge in [0.05, 0.1) is 0 Å². The molecule has 0 aliphatic carbocycles. The highest BCUT2D eigenvalue weighted by atomic mass is 19.4. The molecule has 0 fully saturated rings. The van der Waals surface area contributed by atoms with Gasteiger partial charge in [-0.1, -0.05) is 0 Å². The van der Waals surface area contributed by atoms with Crippen molar-refractivity contribution in [3.63, 3.8) is 0 Å². The Hall–Kier alpha value is -2.32. The Morgan fingerprint density at radius 1 is 1.45 bits per heavy atom. The van der Waals surface area contributed by atoms with Gasteiger partial charge >= 0.3 is 6.18 Å². The fraction of sp³-hybridized carbons (Fsp3) is 0.364. The second-order valence-corrected chi connectivity index (χ2v) is 4.27. The summed E-state index contributed by atoms with van der Waals surface area (Å²) in [5.74, 6) is -0.146. The van der Waals surface area contributed by atoms with E-state index in [9.17, 15) is 18.0 Å². The molecule has 2 aromatic rings. The Morgan fingerprint density at radius 3 is 2.65 bits per heavy atom. The van der Waals surface area contributed by atoms with Crippen molar-refractivity contribution in [2.45, 2.75) is 26.6 Å². The number of carbonyl (C=O) groups is 1. The third kappa shape index (κ3) is 2.98. The van der Waals surface area contributed by atoms with E-state index in [0.29, 0.717) is 5.82 Å². The number of H-pyrrole nitrogens is 1. The maximum absolute atomic E-state index is 12.4. The molecule has 0 unspecified atom stereocenters. The molecule has 6 nitrogen and oxygen atoms in total. The number of aromatic nitrogens is 4. The summed E-state index contributed by atoms with van der Waals surface area (Å²) >= 11 is 0. The van der Waals surface area contributed by atoms with Gasteiger partial charge in [0.25, 0.3) is 0 Å². The SMILES string of the molecule is Cc1[nH]nc(NC(=O)Cn2ccc(C(F)(F)F)n2)c1C.